The second-order valence-electron chi connectivity index (χ2n) is 7.92. The Bertz CT molecular complexity index is 880. The zero-order valence-corrected chi connectivity index (χ0v) is 15.2. The van der Waals surface area contributed by atoms with Gasteiger partial charge in [0.1, 0.15) is 0 Å². The molecule has 4 rings (SSSR count). The van der Waals surface area contributed by atoms with E-state index in [1.54, 1.807) is 4.90 Å². The Balaban J connectivity index is 1.70. The van der Waals surface area contributed by atoms with E-state index in [4.69, 9.17) is 0 Å². The lowest BCUT2D eigenvalue weighted by Gasteiger charge is -2.26. The van der Waals surface area contributed by atoms with Crippen LogP contribution in [0.2, 0.25) is 0 Å². The van der Waals surface area contributed by atoms with Crippen molar-refractivity contribution >= 4 is 23.3 Å². The van der Waals surface area contributed by atoms with Crippen molar-refractivity contribution < 1.29 is 9.59 Å². The van der Waals surface area contributed by atoms with Crippen LogP contribution in [0, 0.1) is 0 Å². The van der Waals surface area contributed by atoms with Crippen molar-refractivity contribution in [3.05, 3.63) is 41.2 Å². The number of hydrogen-bond donors (Lipinski definition) is 3. The Morgan fingerprint density at radius 2 is 2.00 bits per heavy atom. The summed E-state index contributed by atoms with van der Waals surface area (Å²) in [6.45, 7) is 7.60. The van der Waals surface area contributed by atoms with Crippen molar-refractivity contribution in [1.29, 1.82) is 0 Å². The van der Waals surface area contributed by atoms with E-state index < -0.39 is 0 Å². The number of carbonyl (C=O) groups is 2. The Morgan fingerprint density at radius 3 is 2.65 bits per heavy atom. The standard InChI is InChI=1S/C19H23N5O2/c1-19(2,3)16-10-15(22-23-16)13-9-17(25)21-14-8-11(4-5-12(13)14)24-7-6-20-18(24)26/h4-5,8,10,13H,6-7,9H2,1-3H3,(H,20,26)(H,21,25)(H,22,23)/t13-/m1/s1. The number of rotatable bonds is 2. The summed E-state index contributed by atoms with van der Waals surface area (Å²) in [6, 6.07) is 7.76. The number of benzene rings is 1. The van der Waals surface area contributed by atoms with E-state index in [0.29, 0.717) is 19.5 Å². The van der Waals surface area contributed by atoms with Crippen LogP contribution in [0.1, 0.15) is 50.1 Å². The van der Waals surface area contributed by atoms with Crippen LogP contribution < -0.4 is 15.5 Å². The number of nitrogens with one attached hydrogen (secondary N) is 3. The number of H-pyrrole nitrogens is 1. The van der Waals surface area contributed by atoms with Crippen LogP contribution in [0.5, 0.6) is 0 Å². The van der Waals surface area contributed by atoms with Gasteiger partial charge in [-0.25, -0.2) is 4.79 Å². The van der Waals surface area contributed by atoms with E-state index in [1.165, 1.54) is 0 Å². The fourth-order valence-corrected chi connectivity index (χ4v) is 3.52. The second kappa shape index (κ2) is 5.86. The molecule has 0 bridgehead atoms. The molecule has 1 aromatic heterocycles. The molecule has 1 saturated heterocycles. The number of fused-ring (bicyclic) bond motifs is 1. The molecule has 1 aromatic carbocycles. The molecule has 136 valence electrons. The van der Waals surface area contributed by atoms with Crippen molar-refractivity contribution in [2.24, 2.45) is 0 Å². The minimum absolute atomic E-state index is 0.0302. The topological polar surface area (TPSA) is 90.1 Å². The highest BCUT2D eigenvalue weighted by molar-refractivity contribution is 5.98. The first-order valence-corrected chi connectivity index (χ1v) is 8.88. The molecular formula is C19H23N5O2. The summed E-state index contributed by atoms with van der Waals surface area (Å²) in [5.74, 6) is -0.0961. The molecule has 1 fully saturated rings. The molecule has 2 aliphatic heterocycles. The van der Waals surface area contributed by atoms with Crippen LogP contribution in [-0.4, -0.2) is 35.2 Å². The van der Waals surface area contributed by atoms with Gasteiger partial charge in [0, 0.05) is 47.9 Å². The summed E-state index contributed by atoms with van der Waals surface area (Å²) in [7, 11) is 0. The van der Waals surface area contributed by atoms with E-state index in [1.807, 2.05) is 18.2 Å². The summed E-state index contributed by atoms with van der Waals surface area (Å²) < 4.78 is 0. The Hall–Kier alpha value is -2.83. The van der Waals surface area contributed by atoms with Crippen LogP contribution in [0.4, 0.5) is 16.2 Å². The lowest BCUT2D eigenvalue weighted by atomic mass is 9.86. The average molecular weight is 353 g/mol. The van der Waals surface area contributed by atoms with Crippen LogP contribution >= 0.6 is 0 Å². The van der Waals surface area contributed by atoms with E-state index >= 15 is 0 Å². The number of amides is 3. The molecule has 7 heteroatoms. The van der Waals surface area contributed by atoms with Gasteiger partial charge in [-0.05, 0) is 23.8 Å². The van der Waals surface area contributed by atoms with Crippen LogP contribution in [0.15, 0.2) is 24.3 Å². The van der Waals surface area contributed by atoms with Crippen molar-refractivity contribution in [2.75, 3.05) is 23.3 Å². The van der Waals surface area contributed by atoms with Crippen LogP contribution in [-0.2, 0) is 10.2 Å². The maximum atomic E-state index is 12.3. The summed E-state index contributed by atoms with van der Waals surface area (Å²) in [5.41, 5.74) is 4.46. The number of nitrogens with zero attached hydrogens (tertiary/aromatic N) is 2. The van der Waals surface area contributed by atoms with Crippen molar-refractivity contribution in [3.8, 4) is 0 Å². The van der Waals surface area contributed by atoms with E-state index in [0.717, 1.165) is 28.3 Å². The number of hydrogen-bond acceptors (Lipinski definition) is 3. The minimum atomic E-state index is -0.105. The van der Waals surface area contributed by atoms with Gasteiger partial charge < -0.3 is 10.6 Å². The highest BCUT2D eigenvalue weighted by atomic mass is 16.2. The fraction of sp³-hybridized carbons (Fsp3) is 0.421. The third-order valence-electron chi connectivity index (χ3n) is 4.99. The Morgan fingerprint density at radius 1 is 1.19 bits per heavy atom. The zero-order chi connectivity index (χ0) is 18.5. The van der Waals surface area contributed by atoms with Gasteiger partial charge in [-0.2, -0.15) is 5.10 Å². The molecule has 3 amide bonds. The Kier molecular flexibility index (Phi) is 3.75. The van der Waals surface area contributed by atoms with Gasteiger partial charge in [0.25, 0.3) is 0 Å². The maximum Gasteiger partial charge on any atom is 0.321 e. The van der Waals surface area contributed by atoms with Gasteiger partial charge in [-0.15, -0.1) is 0 Å². The Labute approximate surface area is 152 Å². The van der Waals surface area contributed by atoms with Gasteiger partial charge in [0.15, 0.2) is 0 Å². The number of aromatic nitrogens is 2. The van der Waals surface area contributed by atoms with Gasteiger partial charge in [-0.1, -0.05) is 26.8 Å². The highest BCUT2D eigenvalue weighted by Crippen LogP contribution is 2.39. The molecule has 2 aromatic rings. The molecule has 1 atom stereocenters. The van der Waals surface area contributed by atoms with Gasteiger partial charge in [0.2, 0.25) is 5.91 Å². The summed E-state index contributed by atoms with van der Waals surface area (Å²) in [6.07, 6.45) is 0.377. The van der Waals surface area contributed by atoms with Crippen LogP contribution in [0.25, 0.3) is 0 Å². The molecular weight excluding hydrogens is 330 g/mol. The quantitative estimate of drug-likeness (QED) is 0.775. The highest BCUT2D eigenvalue weighted by Gasteiger charge is 2.30. The predicted octanol–water partition coefficient (Wildman–Crippen LogP) is 2.71. The fourth-order valence-electron chi connectivity index (χ4n) is 3.52. The molecule has 2 aliphatic rings. The second-order valence-corrected chi connectivity index (χ2v) is 7.92. The number of urea groups is 1. The van der Waals surface area contributed by atoms with Gasteiger partial charge in [-0.3, -0.25) is 14.8 Å². The third-order valence-corrected chi connectivity index (χ3v) is 4.99. The first-order chi connectivity index (χ1) is 12.3. The van der Waals surface area contributed by atoms with Gasteiger partial charge in [0.05, 0.1) is 5.69 Å². The molecule has 7 nitrogen and oxygen atoms in total. The first-order valence-electron chi connectivity index (χ1n) is 8.88. The van der Waals surface area contributed by atoms with Crippen molar-refractivity contribution in [1.82, 2.24) is 15.5 Å². The number of aromatic amines is 1. The lowest BCUT2D eigenvalue weighted by molar-refractivity contribution is -0.116. The van der Waals surface area contributed by atoms with Crippen molar-refractivity contribution in [2.45, 2.75) is 38.5 Å². The predicted molar refractivity (Wildman–Crippen MR) is 99.6 cm³/mol. The molecule has 3 heterocycles. The molecule has 0 saturated carbocycles. The maximum absolute atomic E-state index is 12.3. The van der Waals surface area contributed by atoms with Crippen molar-refractivity contribution in [3.63, 3.8) is 0 Å². The molecule has 0 unspecified atom stereocenters. The van der Waals surface area contributed by atoms with E-state index in [2.05, 4.69) is 47.7 Å². The van der Waals surface area contributed by atoms with E-state index in [-0.39, 0.29) is 23.3 Å². The normalized spacial score (nSPS) is 20.0. The molecule has 3 N–H and O–H groups in total. The monoisotopic (exact) mass is 353 g/mol. The summed E-state index contributed by atoms with van der Waals surface area (Å²) in [5, 5.41) is 13.3. The first kappa shape index (κ1) is 16.6. The third kappa shape index (κ3) is 2.83. The SMILES string of the molecule is CC(C)(C)c1cc([C@@H]2CC(=O)Nc3cc(N4CCNC4=O)ccc32)[nH]n1. The van der Waals surface area contributed by atoms with Gasteiger partial charge >= 0.3 is 6.03 Å². The minimum Gasteiger partial charge on any atom is -0.336 e. The zero-order valence-electron chi connectivity index (χ0n) is 15.2. The molecule has 0 radical (unpaired) electrons. The van der Waals surface area contributed by atoms with Crippen LogP contribution in [0.3, 0.4) is 0 Å². The largest absolute Gasteiger partial charge is 0.336 e. The summed E-state index contributed by atoms with van der Waals surface area (Å²) in [4.78, 5) is 25.9. The average Bonchev–Trinajstić information content (AvgIpc) is 3.22. The lowest BCUT2D eigenvalue weighted by Crippen LogP contribution is -2.28. The molecule has 26 heavy (non-hydrogen) atoms. The molecule has 0 spiro atoms. The molecule has 0 aliphatic carbocycles. The number of anilines is 2. The summed E-state index contributed by atoms with van der Waals surface area (Å²) >= 11 is 0. The van der Waals surface area contributed by atoms with E-state index in [9.17, 15) is 9.59 Å². The number of carbonyl (C=O) groups excluding carboxylic acids is 2. The smallest absolute Gasteiger partial charge is 0.321 e.